The first kappa shape index (κ1) is 24.3. The summed E-state index contributed by atoms with van der Waals surface area (Å²) in [5.74, 6) is -0.0665. The van der Waals surface area contributed by atoms with E-state index in [0.717, 1.165) is 19.4 Å². The Balaban J connectivity index is 1.43. The van der Waals surface area contributed by atoms with Crippen LogP contribution in [0.3, 0.4) is 0 Å². The maximum absolute atomic E-state index is 13.2. The highest BCUT2D eigenvalue weighted by molar-refractivity contribution is 6.01. The van der Waals surface area contributed by atoms with E-state index in [1.54, 1.807) is 35.0 Å². The number of rotatable bonds is 9. The summed E-state index contributed by atoms with van der Waals surface area (Å²) < 4.78 is 44.3. The Morgan fingerprint density at radius 2 is 2.08 bits per heavy atom. The number of alkyl halides is 2. The summed E-state index contributed by atoms with van der Waals surface area (Å²) in [7, 11) is 1.37. The van der Waals surface area contributed by atoms with Gasteiger partial charge in [-0.2, -0.15) is 8.78 Å². The molecule has 2 fully saturated rings. The first-order chi connectivity index (χ1) is 17.4. The average molecular weight is 503 g/mol. The van der Waals surface area contributed by atoms with Gasteiger partial charge in [0.05, 0.1) is 31.7 Å². The summed E-state index contributed by atoms with van der Waals surface area (Å²) in [6.07, 6.45) is 5.35. The van der Waals surface area contributed by atoms with Gasteiger partial charge < -0.3 is 30.0 Å². The third-order valence-corrected chi connectivity index (χ3v) is 6.45. The highest BCUT2D eigenvalue weighted by Crippen LogP contribution is 2.37. The SMILES string of the molecule is COc1cc(-c2cnc3cc(OC[C@@H]4CNCC[C@H]4O)ccn23)cc(OC(F)F)c1C(=O)NC1CC1. The number of nitrogens with zero attached hydrogens (tertiary/aromatic N) is 2. The number of halogens is 2. The maximum atomic E-state index is 13.2. The van der Waals surface area contributed by atoms with Crippen LogP contribution in [0.5, 0.6) is 17.2 Å². The molecule has 11 heteroatoms. The number of carbonyl (C=O) groups excluding carboxylic acids is 1. The van der Waals surface area contributed by atoms with Gasteiger partial charge in [0.1, 0.15) is 28.5 Å². The minimum absolute atomic E-state index is 0.00151. The zero-order valence-electron chi connectivity index (χ0n) is 19.7. The average Bonchev–Trinajstić information content (AvgIpc) is 3.57. The van der Waals surface area contributed by atoms with E-state index in [0.29, 0.717) is 42.2 Å². The molecule has 2 aromatic heterocycles. The summed E-state index contributed by atoms with van der Waals surface area (Å²) in [4.78, 5) is 17.2. The van der Waals surface area contributed by atoms with Crippen LogP contribution in [0.1, 0.15) is 29.6 Å². The lowest BCUT2D eigenvalue weighted by Crippen LogP contribution is -2.42. The van der Waals surface area contributed by atoms with Gasteiger partial charge in [-0.25, -0.2) is 4.98 Å². The van der Waals surface area contributed by atoms with Crippen molar-refractivity contribution < 1.29 is 32.9 Å². The van der Waals surface area contributed by atoms with E-state index >= 15 is 0 Å². The summed E-state index contributed by atoms with van der Waals surface area (Å²) in [5, 5.41) is 16.2. The number of methoxy groups -OCH3 is 1. The molecule has 0 bridgehead atoms. The number of aliphatic hydroxyl groups excluding tert-OH is 1. The van der Waals surface area contributed by atoms with Gasteiger partial charge in [-0.1, -0.05) is 0 Å². The molecule has 3 heterocycles. The summed E-state index contributed by atoms with van der Waals surface area (Å²) in [5.41, 5.74) is 1.59. The van der Waals surface area contributed by atoms with E-state index in [2.05, 4.69) is 15.6 Å². The van der Waals surface area contributed by atoms with E-state index < -0.39 is 18.6 Å². The molecule has 3 N–H and O–H groups in total. The van der Waals surface area contributed by atoms with Crippen molar-refractivity contribution in [2.24, 2.45) is 5.92 Å². The molecule has 0 spiro atoms. The molecule has 2 atom stereocenters. The smallest absolute Gasteiger partial charge is 0.387 e. The molecule has 5 rings (SSSR count). The second kappa shape index (κ2) is 10.3. The van der Waals surface area contributed by atoms with Crippen LogP contribution in [0.2, 0.25) is 0 Å². The van der Waals surface area contributed by atoms with Gasteiger partial charge in [-0.15, -0.1) is 0 Å². The molecule has 1 amide bonds. The third-order valence-electron chi connectivity index (χ3n) is 6.45. The van der Waals surface area contributed by atoms with Crippen LogP contribution in [0.25, 0.3) is 16.9 Å². The molecule has 192 valence electrons. The first-order valence-electron chi connectivity index (χ1n) is 11.9. The van der Waals surface area contributed by atoms with Crippen LogP contribution in [0, 0.1) is 5.92 Å². The Kier molecular flexibility index (Phi) is 6.92. The largest absolute Gasteiger partial charge is 0.496 e. The Morgan fingerprint density at radius 3 is 2.81 bits per heavy atom. The van der Waals surface area contributed by atoms with E-state index in [1.807, 2.05) is 0 Å². The van der Waals surface area contributed by atoms with Crippen molar-refractivity contribution in [3.05, 3.63) is 42.2 Å². The quantitative estimate of drug-likeness (QED) is 0.413. The van der Waals surface area contributed by atoms with Crippen LogP contribution >= 0.6 is 0 Å². The van der Waals surface area contributed by atoms with Crippen molar-refractivity contribution in [3.63, 3.8) is 0 Å². The van der Waals surface area contributed by atoms with Crippen molar-refractivity contribution in [2.75, 3.05) is 26.8 Å². The van der Waals surface area contributed by atoms with Crippen molar-refractivity contribution in [1.82, 2.24) is 20.0 Å². The van der Waals surface area contributed by atoms with Crippen LogP contribution in [0.4, 0.5) is 8.78 Å². The number of pyridine rings is 1. The number of nitrogens with one attached hydrogen (secondary N) is 2. The standard InChI is InChI=1S/C25H28F2N4O5/c1-34-20-8-14(9-21(36-25(26)27)23(20)24(33)30-16-2-3-16)18-12-29-22-10-17(5-7-31(18)22)35-13-15-11-28-6-4-19(15)32/h5,7-10,12,15-16,19,25,28,32H,2-4,6,11,13H2,1H3,(H,30,33)/t15-,19+/m0/s1. The van der Waals surface area contributed by atoms with Crippen LogP contribution in [-0.2, 0) is 0 Å². The highest BCUT2D eigenvalue weighted by atomic mass is 19.3. The van der Waals surface area contributed by atoms with Gasteiger partial charge in [0.2, 0.25) is 0 Å². The van der Waals surface area contributed by atoms with Gasteiger partial charge in [-0.3, -0.25) is 9.20 Å². The van der Waals surface area contributed by atoms with Gasteiger partial charge in [0.15, 0.2) is 0 Å². The van der Waals surface area contributed by atoms with Crippen molar-refractivity contribution in [3.8, 4) is 28.5 Å². The van der Waals surface area contributed by atoms with Crippen LogP contribution < -0.4 is 24.8 Å². The fourth-order valence-corrected chi connectivity index (χ4v) is 4.34. The van der Waals surface area contributed by atoms with Gasteiger partial charge in [0.25, 0.3) is 5.91 Å². The summed E-state index contributed by atoms with van der Waals surface area (Å²) >= 11 is 0. The van der Waals surface area contributed by atoms with E-state index in [-0.39, 0.29) is 29.0 Å². The lowest BCUT2D eigenvalue weighted by atomic mass is 9.97. The van der Waals surface area contributed by atoms with Crippen LogP contribution in [-0.4, -0.2) is 66.0 Å². The number of benzene rings is 1. The van der Waals surface area contributed by atoms with Crippen LogP contribution in [0.15, 0.2) is 36.7 Å². The molecule has 1 saturated carbocycles. The number of aromatic nitrogens is 2. The van der Waals surface area contributed by atoms with E-state index in [4.69, 9.17) is 14.2 Å². The Hall–Kier alpha value is -3.44. The molecule has 1 aliphatic heterocycles. The third kappa shape index (κ3) is 5.21. The van der Waals surface area contributed by atoms with E-state index in [1.165, 1.54) is 13.2 Å². The zero-order chi connectivity index (χ0) is 25.2. The lowest BCUT2D eigenvalue weighted by Gasteiger charge is -2.28. The fraction of sp³-hybridized carbons (Fsp3) is 0.440. The number of ether oxygens (including phenoxy) is 3. The molecular formula is C25H28F2N4O5. The number of imidazole rings is 1. The predicted octanol–water partition coefficient (Wildman–Crippen LogP) is 2.85. The summed E-state index contributed by atoms with van der Waals surface area (Å²) in [6.45, 7) is -1.26. The summed E-state index contributed by atoms with van der Waals surface area (Å²) in [6, 6.07) is 6.56. The molecule has 1 aromatic carbocycles. The zero-order valence-corrected chi connectivity index (χ0v) is 19.7. The first-order valence-corrected chi connectivity index (χ1v) is 11.9. The molecule has 1 aliphatic carbocycles. The number of amides is 1. The fourth-order valence-electron chi connectivity index (χ4n) is 4.34. The monoisotopic (exact) mass is 502 g/mol. The second-order valence-corrected chi connectivity index (χ2v) is 9.04. The number of aliphatic hydroxyl groups is 1. The minimum Gasteiger partial charge on any atom is -0.496 e. The molecule has 0 radical (unpaired) electrons. The molecule has 1 saturated heterocycles. The maximum Gasteiger partial charge on any atom is 0.387 e. The minimum atomic E-state index is -3.11. The second-order valence-electron chi connectivity index (χ2n) is 9.04. The Morgan fingerprint density at radius 1 is 1.28 bits per heavy atom. The number of carbonyl (C=O) groups is 1. The van der Waals surface area contributed by atoms with Crippen molar-refractivity contribution >= 4 is 11.6 Å². The molecule has 3 aromatic rings. The molecular weight excluding hydrogens is 474 g/mol. The molecule has 0 unspecified atom stereocenters. The van der Waals surface area contributed by atoms with Gasteiger partial charge >= 0.3 is 6.61 Å². The Labute approximate surface area is 206 Å². The topological polar surface area (TPSA) is 106 Å². The number of hydrogen-bond donors (Lipinski definition) is 3. The molecule has 9 nitrogen and oxygen atoms in total. The number of hydrogen-bond acceptors (Lipinski definition) is 7. The lowest BCUT2D eigenvalue weighted by molar-refractivity contribution is -0.0502. The van der Waals surface area contributed by atoms with Gasteiger partial charge in [-0.05, 0) is 44.0 Å². The number of piperidine rings is 1. The highest BCUT2D eigenvalue weighted by Gasteiger charge is 2.29. The number of fused-ring (bicyclic) bond motifs is 1. The van der Waals surface area contributed by atoms with Crippen molar-refractivity contribution in [1.29, 1.82) is 0 Å². The predicted molar refractivity (Wildman–Crippen MR) is 127 cm³/mol. The van der Waals surface area contributed by atoms with Crippen molar-refractivity contribution in [2.45, 2.75) is 38.0 Å². The molecule has 36 heavy (non-hydrogen) atoms. The van der Waals surface area contributed by atoms with Gasteiger partial charge in [0, 0.05) is 36.3 Å². The normalized spacial score (nSPS) is 19.9. The Bertz CT molecular complexity index is 1250. The molecule has 2 aliphatic rings. The van der Waals surface area contributed by atoms with E-state index in [9.17, 15) is 18.7 Å².